The first kappa shape index (κ1) is 22.2. The molecule has 1 aromatic carbocycles. The van der Waals surface area contributed by atoms with Gasteiger partial charge >= 0.3 is 6.09 Å². The molecule has 154 valence electrons. The van der Waals surface area contributed by atoms with Crippen molar-refractivity contribution in [3.05, 3.63) is 60.1 Å². The number of aliphatic hydroxyl groups is 1. The van der Waals surface area contributed by atoms with Crippen LogP contribution in [-0.4, -0.2) is 32.2 Å². The van der Waals surface area contributed by atoms with E-state index in [1.165, 1.54) is 6.26 Å². The number of nitrogens with one attached hydrogen (secondary N) is 1. The van der Waals surface area contributed by atoms with Crippen molar-refractivity contribution in [1.82, 2.24) is 5.32 Å². The van der Waals surface area contributed by atoms with Crippen molar-refractivity contribution >= 4 is 14.4 Å². The van der Waals surface area contributed by atoms with Gasteiger partial charge in [0.1, 0.15) is 24.5 Å². The van der Waals surface area contributed by atoms with Gasteiger partial charge in [-0.2, -0.15) is 0 Å². The third-order valence-electron chi connectivity index (χ3n) is 5.14. The highest BCUT2D eigenvalue weighted by atomic mass is 28.4. The van der Waals surface area contributed by atoms with Gasteiger partial charge < -0.3 is 24.0 Å². The van der Waals surface area contributed by atoms with Gasteiger partial charge in [-0.3, -0.25) is 0 Å². The van der Waals surface area contributed by atoms with E-state index in [-0.39, 0.29) is 18.3 Å². The molecule has 0 aliphatic heterocycles. The number of aliphatic hydroxyl groups excluding tert-OH is 1. The van der Waals surface area contributed by atoms with Crippen LogP contribution in [0.15, 0.2) is 53.1 Å². The van der Waals surface area contributed by atoms with Crippen molar-refractivity contribution in [2.45, 2.75) is 57.7 Å². The Kier molecular flexibility index (Phi) is 7.46. The zero-order valence-electron chi connectivity index (χ0n) is 17.3. The fourth-order valence-corrected chi connectivity index (χ4v) is 3.34. The molecule has 28 heavy (non-hydrogen) atoms. The van der Waals surface area contributed by atoms with Crippen molar-refractivity contribution in [2.24, 2.45) is 0 Å². The molecule has 6 nitrogen and oxygen atoms in total. The summed E-state index contributed by atoms with van der Waals surface area (Å²) >= 11 is 0. The number of furan rings is 1. The van der Waals surface area contributed by atoms with Crippen LogP contribution in [0.5, 0.6) is 0 Å². The van der Waals surface area contributed by atoms with Crippen LogP contribution in [-0.2, 0) is 15.8 Å². The van der Waals surface area contributed by atoms with E-state index in [9.17, 15) is 9.90 Å². The average Bonchev–Trinajstić information content (AvgIpc) is 3.17. The van der Waals surface area contributed by atoms with E-state index in [0.717, 1.165) is 5.56 Å². The summed E-state index contributed by atoms with van der Waals surface area (Å²) in [5, 5.41) is 13.4. The monoisotopic (exact) mass is 405 g/mol. The lowest BCUT2D eigenvalue weighted by atomic mass is 10.1. The molecule has 0 bridgehead atoms. The number of rotatable bonds is 8. The topological polar surface area (TPSA) is 80.9 Å². The molecule has 0 saturated heterocycles. The lowest BCUT2D eigenvalue weighted by Crippen LogP contribution is -2.45. The van der Waals surface area contributed by atoms with Crippen molar-refractivity contribution in [2.75, 3.05) is 6.61 Å². The van der Waals surface area contributed by atoms with E-state index in [1.54, 1.807) is 12.1 Å². The van der Waals surface area contributed by atoms with Gasteiger partial charge in [-0.25, -0.2) is 4.79 Å². The molecular formula is C21H31NO5Si. The third kappa shape index (κ3) is 6.22. The molecule has 0 spiro atoms. The second-order valence-corrected chi connectivity index (χ2v) is 13.1. The highest BCUT2D eigenvalue weighted by molar-refractivity contribution is 6.74. The van der Waals surface area contributed by atoms with Crippen LogP contribution in [0.25, 0.3) is 0 Å². The fraction of sp³-hybridized carbons (Fsp3) is 0.476. The second kappa shape index (κ2) is 9.40. The molecule has 0 radical (unpaired) electrons. The molecular weight excluding hydrogens is 374 g/mol. The van der Waals surface area contributed by atoms with Crippen LogP contribution in [0.2, 0.25) is 18.1 Å². The largest absolute Gasteiger partial charge is 0.467 e. The summed E-state index contributed by atoms with van der Waals surface area (Å²) in [6.45, 7) is 10.9. The van der Waals surface area contributed by atoms with E-state index in [0.29, 0.717) is 5.76 Å². The predicted molar refractivity (Wildman–Crippen MR) is 110 cm³/mol. The van der Waals surface area contributed by atoms with Crippen molar-refractivity contribution in [1.29, 1.82) is 0 Å². The number of ether oxygens (including phenoxy) is 1. The minimum Gasteiger partial charge on any atom is -0.467 e. The highest BCUT2D eigenvalue weighted by Gasteiger charge is 2.38. The molecule has 1 aromatic heterocycles. The lowest BCUT2D eigenvalue weighted by molar-refractivity contribution is 0.0545. The third-order valence-corrected chi connectivity index (χ3v) is 9.64. The number of hydrogen-bond acceptors (Lipinski definition) is 5. The maximum atomic E-state index is 12.3. The molecule has 1 amide bonds. The zero-order valence-corrected chi connectivity index (χ0v) is 18.3. The molecule has 7 heteroatoms. The minimum absolute atomic E-state index is 0.0228. The number of carbonyl (C=O) groups excluding carboxylic acids is 1. The van der Waals surface area contributed by atoms with Crippen molar-refractivity contribution < 1.29 is 23.5 Å². The Balaban J connectivity index is 1.99. The van der Waals surface area contributed by atoms with E-state index in [1.807, 2.05) is 30.3 Å². The molecule has 2 aromatic rings. The molecule has 2 atom stereocenters. The van der Waals surface area contributed by atoms with Gasteiger partial charge in [0.15, 0.2) is 8.32 Å². The quantitative estimate of drug-likeness (QED) is 0.626. The molecule has 2 rings (SSSR count). The number of amides is 1. The number of carbonyl (C=O) groups is 1. The van der Waals surface area contributed by atoms with Crippen molar-refractivity contribution in [3.63, 3.8) is 0 Å². The molecule has 1 heterocycles. The summed E-state index contributed by atoms with van der Waals surface area (Å²) in [4.78, 5) is 12.3. The van der Waals surface area contributed by atoms with E-state index < -0.39 is 26.6 Å². The van der Waals surface area contributed by atoms with Gasteiger partial charge in [-0.1, -0.05) is 51.1 Å². The van der Waals surface area contributed by atoms with Gasteiger partial charge in [0.2, 0.25) is 0 Å². The van der Waals surface area contributed by atoms with E-state index >= 15 is 0 Å². The Hall–Kier alpha value is -2.09. The standard InChI is InChI=1S/C21H31NO5Si/c1-21(2,3)28(4,5)27-15-17(23)19(18-12-9-13-25-18)22-20(24)26-14-16-10-7-6-8-11-16/h6-13,17,19,23H,14-15H2,1-5H3,(H,22,24)/t17-,19+/m0/s1. The summed E-state index contributed by atoms with van der Waals surface area (Å²) in [5.74, 6) is 0.447. The van der Waals surface area contributed by atoms with Crippen LogP contribution in [0.4, 0.5) is 4.79 Å². The van der Waals surface area contributed by atoms with Gasteiger partial charge in [0, 0.05) is 0 Å². The van der Waals surface area contributed by atoms with Crippen LogP contribution in [0, 0.1) is 0 Å². The minimum atomic E-state index is -2.03. The van der Waals surface area contributed by atoms with Gasteiger partial charge in [0.05, 0.1) is 12.9 Å². The van der Waals surface area contributed by atoms with Crippen molar-refractivity contribution in [3.8, 4) is 0 Å². The normalized spacial score (nSPS) is 14.4. The Morgan fingerprint density at radius 3 is 2.43 bits per heavy atom. The second-order valence-electron chi connectivity index (χ2n) is 8.34. The molecule has 0 unspecified atom stereocenters. The Labute approximate surface area is 168 Å². The number of benzene rings is 1. The first-order chi connectivity index (χ1) is 13.1. The first-order valence-corrected chi connectivity index (χ1v) is 12.3. The Bertz CT molecular complexity index is 725. The summed E-state index contributed by atoms with van der Waals surface area (Å²) in [7, 11) is -2.03. The predicted octanol–water partition coefficient (Wildman–Crippen LogP) is 4.63. The molecule has 2 N–H and O–H groups in total. The molecule has 0 aliphatic carbocycles. The fourth-order valence-electron chi connectivity index (χ4n) is 2.32. The SMILES string of the molecule is CC(C)(C)[Si](C)(C)OC[C@H](O)[C@@H](NC(=O)OCc1ccccc1)c1ccco1. The van der Waals surface area contributed by atoms with Crippen LogP contribution >= 0.6 is 0 Å². The van der Waals surface area contributed by atoms with Gasteiger partial charge in [-0.15, -0.1) is 0 Å². The zero-order chi connectivity index (χ0) is 20.8. The summed E-state index contributed by atoms with van der Waals surface area (Å²) in [6, 6.07) is 12.1. The first-order valence-electron chi connectivity index (χ1n) is 9.43. The van der Waals surface area contributed by atoms with Gasteiger partial charge in [0.25, 0.3) is 0 Å². The summed E-state index contributed by atoms with van der Waals surface area (Å²) < 4.78 is 16.8. The van der Waals surface area contributed by atoms with E-state index in [2.05, 4.69) is 39.2 Å². The average molecular weight is 406 g/mol. The lowest BCUT2D eigenvalue weighted by Gasteiger charge is -2.37. The van der Waals surface area contributed by atoms with Crippen LogP contribution in [0.1, 0.15) is 38.1 Å². The molecule has 0 aliphatic rings. The maximum absolute atomic E-state index is 12.3. The van der Waals surface area contributed by atoms with Crippen LogP contribution in [0.3, 0.4) is 0 Å². The van der Waals surface area contributed by atoms with Gasteiger partial charge in [-0.05, 0) is 35.8 Å². The maximum Gasteiger partial charge on any atom is 0.408 e. The Morgan fingerprint density at radius 2 is 1.86 bits per heavy atom. The summed E-state index contributed by atoms with van der Waals surface area (Å²) in [6.07, 6.45) is -0.0954. The van der Waals surface area contributed by atoms with E-state index in [4.69, 9.17) is 13.6 Å². The smallest absolute Gasteiger partial charge is 0.408 e. The number of hydrogen-bond donors (Lipinski definition) is 2. The number of alkyl carbamates (subject to hydrolysis) is 1. The van der Waals surface area contributed by atoms with Crippen LogP contribution < -0.4 is 5.32 Å². The highest BCUT2D eigenvalue weighted by Crippen LogP contribution is 2.36. The summed E-state index contributed by atoms with van der Waals surface area (Å²) in [5.41, 5.74) is 0.883. The Morgan fingerprint density at radius 1 is 1.18 bits per heavy atom. The molecule has 0 saturated carbocycles. The molecule has 0 fully saturated rings.